The highest BCUT2D eigenvalue weighted by molar-refractivity contribution is 5.91. The second-order valence-electron chi connectivity index (χ2n) is 2.56. The summed E-state index contributed by atoms with van der Waals surface area (Å²) in [4.78, 5) is 15.1. The van der Waals surface area contributed by atoms with Crippen LogP contribution in [0, 0.1) is 11.3 Å². The van der Waals surface area contributed by atoms with Crippen molar-refractivity contribution in [3.8, 4) is 6.07 Å². The molecule has 1 aromatic heterocycles. The lowest BCUT2D eigenvalue weighted by molar-refractivity contribution is -0.0545. The highest BCUT2D eigenvalue weighted by Crippen LogP contribution is 2.01. The Balaban J connectivity index is 2.88. The Hall–Kier alpha value is -1.93. The Bertz CT molecular complexity index is 367. The van der Waals surface area contributed by atoms with E-state index in [2.05, 4.69) is 4.98 Å². The molecule has 1 amide bonds. The van der Waals surface area contributed by atoms with Gasteiger partial charge in [0.05, 0.1) is 5.56 Å². The Kier molecular flexibility index (Phi) is 3.15. The number of carbonyl (C=O) groups is 1. The first-order chi connectivity index (χ1) is 6.69. The maximum Gasteiger partial charge on any atom is 0.295 e. The van der Waals surface area contributed by atoms with E-state index in [1.54, 1.807) is 6.92 Å². The van der Waals surface area contributed by atoms with E-state index in [0.717, 1.165) is 0 Å². The van der Waals surface area contributed by atoms with Crippen LogP contribution in [0.2, 0.25) is 0 Å². The van der Waals surface area contributed by atoms with Crippen molar-refractivity contribution in [2.24, 2.45) is 0 Å². The molecule has 0 saturated carbocycles. The van der Waals surface area contributed by atoms with Crippen LogP contribution in [-0.2, 0) is 0 Å². The summed E-state index contributed by atoms with van der Waals surface area (Å²) in [5.74, 6) is -0.572. The van der Waals surface area contributed by atoms with Gasteiger partial charge in [-0.1, -0.05) is 0 Å². The molecule has 0 bridgehead atoms. The smallest absolute Gasteiger partial charge is 0.286 e. The minimum Gasteiger partial charge on any atom is -0.286 e. The van der Waals surface area contributed by atoms with E-state index in [1.165, 1.54) is 18.3 Å². The third-order valence-corrected chi connectivity index (χ3v) is 1.65. The fourth-order valence-corrected chi connectivity index (χ4v) is 0.862. The average Bonchev–Trinajstić information content (AvgIpc) is 2.27. The lowest BCUT2D eigenvalue weighted by Crippen LogP contribution is -2.27. The number of nitrogens with zero attached hydrogens (tertiary/aromatic N) is 3. The minimum atomic E-state index is -0.572. The highest BCUT2D eigenvalue weighted by atomic mass is 16.5. The molecule has 14 heavy (non-hydrogen) atoms. The van der Waals surface area contributed by atoms with E-state index < -0.39 is 5.91 Å². The van der Waals surface area contributed by atoms with E-state index in [9.17, 15) is 4.79 Å². The van der Waals surface area contributed by atoms with Gasteiger partial charge in [-0.3, -0.25) is 10.0 Å². The van der Waals surface area contributed by atoms with E-state index in [1.807, 2.05) is 6.07 Å². The number of pyridine rings is 1. The molecule has 0 aliphatic rings. The van der Waals surface area contributed by atoms with E-state index in [4.69, 9.17) is 10.5 Å². The predicted octanol–water partition coefficient (Wildman–Crippen LogP) is 0.805. The summed E-state index contributed by atoms with van der Waals surface area (Å²) in [5.41, 5.74) is 0.496. The lowest BCUT2D eigenvalue weighted by Gasteiger charge is -2.10. The third kappa shape index (κ3) is 2.06. The number of carbonyl (C=O) groups excluding carboxylic acids is 1. The molecular formula is C9H9N3O2. The van der Waals surface area contributed by atoms with Gasteiger partial charge in [0.15, 0.2) is 0 Å². The largest absolute Gasteiger partial charge is 0.295 e. The summed E-state index contributed by atoms with van der Waals surface area (Å²) in [6.45, 7) is 1.84. The van der Waals surface area contributed by atoms with E-state index in [0.29, 0.717) is 10.6 Å². The monoisotopic (exact) mass is 191 g/mol. The van der Waals surface area contributed by atoms with Crippen LogP contribution in [0.4, 0.5) is 0 Å². The first-order valence-corrected chi connectivity index (χ1v) is 4.06. The Morgan fingerprint density at radius 2 is 2.43 bits per heavy atom. The second kappa shape index (κ2) is 4.35. The first-order valence-electron chi connectivity index (χ1n) is 4.06. The molecule has 0 atom stereocenters. The molecule has 0 aromatic carbocycles. The van der Waals surface area contributed by atoms with Gasteiger partial charge in [-0.25, -0.2) is 10.0 Å². The molecule has 0 aliphatic heterocycles. The maximum atomic E-state index is 11.3. The molecule has 1 rings (SSSR count). The number of aromatic nitrogens is 1. The van der Waals surface area contributed by atoms with Gasteiger partial charge in [0.25, 0.3) is 5.91 Å². The van der Waals surface area contributed by atoms with Crippen LogP contribution in [0.1, 0.15) is 23.0 Å². The quantitative estimate of drug-likeness (QED) is 0.554. The second-order valence-corrected chi connectivity index (χ2v) is 2.56. The zero-order valence-corrected chi connectivity index (χ0v) is 7.64. The molecule has 1 heterocycles. The van der Waals surface area contributed by atoms with Crippen molar-refractivity contribution in [3.05, 3.63) is 29.6 Å². The number of hydrogen-bond donors (Lipinski definition) is 1. The summed E-state index contributed by atoms with van der Waals surface area (Å²) in [5, 5.41) is 18.1. The van der Waals surface area contributed by atoms with Crippen molar-refractivity contribution in [3.63, 3.8) is 0 Å². The number of hydroxylamine groups is 2. The Labute approximate surface area is 81.2 Å². The average molecular weight is 191 g/mol. The van der Waals surface area contributed by atoms with Crippen LogP contribution in [0.25, 0.3) is 0 Å². The first kappa shape index (κ1) is 10.2. The Morgan fingerprint density at radius 3 is 2.86 bits per heavy atom. The van der Waals surface area contributed by atoms with Gasteiger partial charge in [-0.2, -0.15) is 5.26 Å². The fraction of sp³-hybridized carbons (Fsp3) is 0.222. The standard InChI is InChI=1S/C9H9N3O2/c1-2-12(14)9(13)8-4-3-7(5-10)6-11-8/h3-4,6,14H,2H2,1H3. The molecule has 5 heteroatoms. The van der Waals surface area contributed by atoms with Crippen molar-refractivity contribution in [1.29, 1.82) is 5.26 Å². The van der Waals surface area contributed by atoms with Crippen LogP contribution in [0.5, 0.6) is 0 Å². The predicted molar refractivity (Wildman–Crippen MR) is 47.4 cm³/mol. The van der Waals surface area contributed by atoms with Gasteiger partial charge >= 0.3 is 0 Å². The van der Waals surface area contributed by atoms with Gasteiger partial charge in [0, 0.05) is 12.7 Å². The molecule has 0 saturated heterocycles. The van der Waals surface area contributed by atoms with Crippen molar-refractivity contribution in [1.82, 2.24) is 10.0 Å². The van der Waals surface area contributed by atoms with E-state index >= 15 is 0 Å². The van der Waals surface area contributed by atoms with Crippen LogP contribution in [-0.4, -0.2) is 27.7 Å². The summed E-state index contributed by atoms with van der Waals surface area (Å²) >= 11 is 0. The summed E-state index contributed by atoms with van der Waals surface area (Å²) < 4.78 is 0. The van der Waals surface area contributed by atoms with Crippen molar-refractivity contribution in [2.45, 2.75) is 6.92 Å². The van der Waals surface area contributed by atoms with Crippen molar-refractivity contribution in [2.75, 3.05) is 6.54 Å². The van der Waals surface area contributed by atoms with Gasteiger partial charge in [0.1, 0.15) is 11.8 Å². The SMILES string of the molecule is CCN(O)C(=O)c1ccc(C#N)cn1. The Morgan fingerprint density at radius 1 is 1.71 bits per heavy atom. The van der Waals surface area contributed by atoms with Crippen LogP contribution in [0.15, 0.2) is 18.3 Å². The maximum absolute atomic E-state index is 11.3. The molecule has 0 unspecified atom stereocenters. The zero-order chi connectivity index (χ0) is 10.6. The topological polar surface area (TPSA) is 77.2 Å². The number of amides is 1. The fourth-order valence-electron chi connectivity index (χ4n) is 0.862. The lowest BCUT2D eigenvalue weighted by atomic mass is 10.2. The number of hydrogen-bond acceptors (Lipinski definition) is 4. The van der Waals surface area contributed by atoms with Gasteiger partial charge < -0.3 is 0 Å². The van der Waals surface area contributed by atoms with Gasteiger partial charge in [0.2, 0.25) is 0 Å². The molecule has 0 fully saturated rings. The van der Waals surface area contributed by atoms with Gasteiger partial charge in [-0.05, 0) is 19.1 Å². The molecule has 1 N–H and O–H groups in total. The van der Waals surface area contributed by atoms with E-state index in [-0.39, 0.29) is 12.2 Å². The third-order valence-electron chi connectivity index (χ3n) is 1.65. The number of nitriles is 1. The molecule has 0 aliphatic carbocycles. The molecular weight excluding hydrogens is 182 g/mol. The van der Waals surface area contributed by atoms with Crippen LogP contribution >= 0.6 is 0 Å². The molecule has 0 spiro atoms. The zero-order valence-electron chi connectivity index (χ0n) is 7.64. The number of rotatable bonds is 2. The van der Waals surface area contributed by atoms with Crippen molar-refractivity contribution < 1.29 is 10.0 Å². The molecule has 0 radical (unpaired) electrons. The molecule has 72 valence electrons. The van der Waals surface area contributed by atoms with Crippen LogP contribution < -0.4 is 0 Å². The minimum absolute atomic E-state index is 0.119. The van der Waals surface area contributed by atoms with Crippen molar-refractivity contribution >= 4 is 5.91 Å². The normalized spacial score (nSPS) is 9.21. The summed E-state index contributed by atoms with van der Waals surface area (Å²) in [6, 6.07) is 4.76. The van der Waals surface area contributed by atoms with Gasteiger partial charge in [-0.15, -0.1) is 0 Å². The highest BCUT2D eigenvalue weighted by Gasteiger charge is 2.12. The summed E-state index contributed by atoms with van der Waals surface area (Å²) in [6.07, 6.45) is 1.29. The molecule has 5 nitrogen and oxygen atoms in total. The van der Waals surface area contributed by atoms with Crippen LogP contribution in [0.3, 0.4) is 0 Å². The molecule has 1 aromatic rings. The summed E-state index contributed by atoms with van der Waals surface area (Å²) in [7, 11) is 0.